The first-order chi connectivity index (χ1) is 12.2. The zero-order valence-corrected chi connectivity index (χ0v) is 18.4. The quantitative estimate of drug-likeness (QED) is 0.217. The summed E-state index contributed by atoms with van der Waals surface area (Å²) in [6.07, 6.45) is 24.2. The van der Waals surface area contributed by atoms with E-state index in [1.807, 2.05) is 0 Å². The summed E-state index contributed by atoms with van der Waals surface area (Å²) < 4.78 is 0. The molecular weight excluding hydrogens is 302 g/mol. The number of hydrogen-bond acceptors (Lipinski definition) is 1. The number of rotatable bonds is 20. The maximum absolute atomic E-state index is 3.57. The van der Waals surface area contributed by atoms with Crippen molar-refractivity contribution in [3.8, 4) is 0 Å². The molecule has 0 amide bonds. The van der Waals surface area contributed by atoms with Gasteiger partial charge in [0.2, 0.25) is 0 Å². The van der Waals surface area contributed by atoms with Crippen LogP contribution in [0.5, 0.6) is 0 Å². The Hall–Kier alpha value is -0.0400. The van der Waals surface area contributed by atoms with E-state index in [-0.39, 0.29) is 0 Å². The van der Waals surface area contributed by atoms with Crippen LogP contribution in [0.4, 0.5) is 0 Å². The van der Waals surface area contributed by atoms with Gasteiger partial charge in [-0.15, -0.1) is 0 Å². The predicted molar refractivity (Wildman–Crippen MR) is 116 cm³/mol. The van der Waals surface area contributed by atoms with Crippen LogP contribution >= 0.6 is 0 Å². The molecule has 0 fully saturated rings. The summed E-state index contributed by atoms with van der Waals surface area (Å²) in [6.45, 7) is 11.8. The predicted octanol–water partition coefficient (Wildman–Crippen LogP) is 8.27. The van der Waals surface area contributed by atoms with Crippen molar-refractivity contribution in [1.82, 2.24) is 5.32 Å². The summed E-state index contributed by atoms with van der Waals surface area (Å²) in [4.78, 5) is 0. The van der Waals surface area contributed by atoms with Gasteiger partial charge in [-0.3, -0.25) is 0 Å². The molecule has 25 heavy (non-hydrogen) atoms. The molecule has 0 saturated heterocycles. The van der Waals surface area contributed by atoms with Crippen molar-refractivity contribution in [2.24, 2.45) is 5.41 Å². The fourth-order valence-corrected chi connectivity index (χ4v) is 4.11. The van der Waals surface area contributed by atoms with Gasteiger partial charge in [0.25, 0.3) is 0 Å². The van der Waals surface area contributed by atoms with Gasteiger partial charge in [0.15, 0.2) is 0 Å². The summed E-state index contributed by atoms with van der Waals surface area (Å²) >= 11 is 0. The van der Waals surface area contributed by atoms with E-state index in [1.165, 1.54) is 122 Å². The Labute approximate surface area is 161 Å². The Morgan fingerprint density at radius 2 is 0.840 bits per heavy atom. The van der Waals surface area contributed by atoms with Crippen LogP contribution < -0.4 is 5.32 Å². The summed E-state index contributed by atoms with van der Waals surface area (Å²) in [5.74, 6) is 0. The molecule has 0 aliphatic heterocycles. The fraction of sp³-hybridized carbons (Fsp3) is 1.00. The van der Waals surface area contributed by atoms with Crippen LogP contribution in [0.2, 0.25) is 0 Å². The number of nitrogens with one attached hydrogen (secondary N) is 1. The fourth-order valence-electron chi connectivity index (χ4n) is 4.11. The largest absolute Gasteiger partial charge is 0.317 e. The number of hydrogen-bond donors (Lipinski definition) is 1. The van der Waals surface area contributed by atoms with E-state index in [0.29, 0.717) is 5.41 Å². The first kappa shape index (κ1) is 25.0. The zero-order chi connectivity index (χ0) is 18.6. The van der Waals surface area contributed by atoms with E-state index in [1.54, 1.807) is 0 Å². The molecular formula is C24H51N. The van der Waals surface area contributed by atoms with Crippen molar-refractivity contribution < 1.29 is 0 Å². The Morgan fingerprint density at radius 3 is 1.36 bits per heavy atom. The molecule has 0 unspecified atom stereocenters. The molecule has 0 atom stereocenters. The van der Waals surface area contributed by atoms with Gasteiger partial charge >= 0.3 is 0 Å². The second kappa shape index (κ2) is 18.7. The van der Waals surface area contributed by atoms with Crippen molar-refractivity contribution in [2.45, 2.75) is 137 Å². The molecule has 0 aliphatic rings. The average molecular weight is 354 g/mol. The van der Waals surface area contributed by atoms with Crippen molar-refractivity contribution in [3.63, 3.8) is 0 Å². The summed E-state index contributed by atoms with van der Waals surface area (Å²) in [5, 5.41) is 3.57. The van der Waals surface area contributed by atoms with Crippen molar-refractivity contribution in [2.75, 3.05) is 13.1 Å². The molecule has 1 heteroatoms. The summed E-state index contributed by atoms with van der Waals surface area (Å²) in [5.41, 5.74) is 0.684. The van der Waals surface area contributed by atoms with Crippen LogP contribution in [0.1, 0.15) is 137 Å². The van der Waals surface area contributed by atoms with E-state index >= 15 is 0 Å². The normalized spacial score (nSPS) is 12.0. The lowest BCUT2D eigenvalue weighted by atomic mass is 9.71. The van der Waals surface area contributed by atoms with Gasteiger partial charge in [0.1, 0.15) is 0 Å². The third-order valence-corrected chi connectivity index (χ3v) is 5.95. The molecule has 152 valence electrons. The maximum atomic E-state index is 3.57. The van der Waals surface area contributed by atoms with Gasteiger partial charge in [-0.25, -0.2) is 0 Å². The molecule has 0 bridgehead atoms. The lowest BCUT2D eigenvalue weighted by molar-refractivity contribution is 0.175. The minimum absolute atomic E-state index is 0.684. The van der Waals surface area contributed by atoms with Gasteiger partial charge in [-0.05, 0) is 57.0 Å². The van der Waals surface area contributed by atoms with Crippen LogP contribution in [0.3, 0.4) is 0 Å². The Morgan fingerprint density at radius 1 is 0.440 bits per heavy atom. The second-order valence-electron chi connectivity index (χ2n) is 8.43. The van der Waals surface area contributed by atoms with Gasteiger partial charge < -0.3 is 5.32 Å². The lowest BCUT2D eigenvalue weighted by Crippen LogP contribution is -2.21. The topological polar surface area (TPSA) is 12.0 Å². The molecule has 0 heterocycles. The first-order valence-corrected chi connectivity index (χ1v) is 11.9. The van der Waals surface area contributed by atoms with E-state index in [4.69, 9.17) is 0 Å². The van der Waals surface area contributed by atoms with Crippen molar-refractivity contribution >= 4 is 0 Å². The highest BCUT2D eigenvalue weighted by atomic mass is 14.8. The highest BCUT2D eigenvalue weighted by Crippen LogP contribution is 2.41. The van der Waals surface area contributed by atoms with Crippen LogP contribution in [0.15, 0.2) is 0 Å². The van der Waals surface area contributed by atoms with Crippen LogP contribution in [-0.2, 0) is 0 Å². The minimum atomic E-state index is 0.684. The standard InChI is InChI=1S/C24H51N/c1-5-9-18-24(19-10-6-2,20-11-7-3)21-16-14-13-15-17-23-25-22-12-8-4/h25H,5-23H2,1-4H3. The maximum Gasteiger partial charge on any atom is -0.00489 e. The minimum Gasteiger partial charge on any atom is -0.317 e. The van der Waals surface area contributed by atoms with E-state index in [0.717, 1.165) is 0 Å². The first-order valence-electron chi connectivity index (χ1n) is 11.9. The van der Waals surface area contributed by atoms with E-state index < -0.39 is 0 Å². The molecule has 0 aliphatic carbocycles. The van der Waals surface area contributed by atoms with Gasteiger partial charge in [-0.1, -0.05) is 98.3 Å². The van der Waals surface area contributed by atoms with Crippen LogP contribution in [-0.4, -0.2) is 13.1 Å². The summed E-state index contributed by atoms with van der Waals surface area (Å²) in [7, 11) is 0. The molecule has 0 spiro atoms. The van der Waals surface area contributed by atoms with Gasteiger partial charge in [0, 0.05) is 0 Å². The zero-order valence-electron chi connectivity index (χ0n) is 18.4. The Balaban J connectivity index is 4.01. The Kier molecular flexibility index (Phi) is 18.7. The highest BCUT2D eigenvalue weighted by Gasteiger charge is 2.27. The molecule has 1 nitrogen and oxygen atoms in total. The molecule has 1 N–H and O–H groups in total. The molecule has 0 aromatic heterocycles. The molecule has 0 aromatic rings. The highest BCUT2D eigenvalue weighted by molar-refractivity contribution is 4.79. The van der Waals surface area contributed by atoms with E-state index in [2.05, 4.69) is 33.0 Å². The smallest absolute Gasteiger partial charge is 0.00489 e. The lowest BCUT2D eigenvalue weighted by Gasteiger charge is -2.35. The third kappa shape index (κ3) is 14.8. The molecule has 0 rings (SSSR count). The molecule has 0 aromatic carbocycles. The average Bonchev–Trinajstić information content (AvgIpc) is 2.64. The Bertz CT molecular complexity index is 227. The monoisotopic (exact) mass is 353 g/mol. The molecule has 0 radical (unpaired) electrons. The van der Waals surface area contributed by atoms with Crippen LogP contribution in [0.25, 0.3) is 0 Å². The van der Waals surface area contributed by atoms with Crippen molar-refractivity contribution in [3.05, 3.63) is 0 Å². The number of unbranched alkanes of at least 4 members (excludes halogenated alkanes) is 8. The SMILES string of the molecule is CCCCNCCCCCCCC(CCCC)(CCCC)CCCC. The van der Waals surface area contributed by atoms with Crippen LogP contribution in [0, 0.1) is 5.41 Å². The summed E-state index contributed by atoms with van der Waals surface area (Å²) in [6, 6.07) is 0. The van der Waals surface area contributed by atoms with Gasteiger partial charge in [0.05, 0.1) is 0 Å². The van der Waals surface area contributed by atoms with Crippen molar-refractivity contribution in [1.29, 1.82) is 0 Å². The second-order valence-corrected chi connectivity index (χ2v) is 8.43. The van der Waals surface area contributed by atoms with Gasteiger partial charge in [-0.2, -0.15) is 0 Å². The van der Waals surface area contributed by atoms with E-state index in [9.17, 15) is 0 Å². The third-order valence-electron chi connectivity index (χ3n) is 5.95. The molecule has 0 saturated carbocycles.